The molecule has 7 nitrogen and oxygen atoms in total. The van der Waals surface area contributed by atoms with Crippen LogP contribution >= 0.6 is 27.5 Å². The van der Waals surface area contributed by atoms with Gasteiger partial charge in [-0.1, -0.05) is 71.7 Å². The van der Waals surface area contributed by atoms with Gasteiger partial charge in [-0.3, -0.25) is 9.36 Å². The fraction of sp³-hybridized carbons (Fsp3) is 0.321. The first-order chi connectivity index (χ1) is 17.7. The summed E-state index contributed by atoms with van der Waals surface area (Å²) in [4.78, 5) is 29.6. The van der Waals surface area contributed by atoms with Crippen molar-refractivity contribution >= 4 is 39.0 Å². The van der Waals surface area contributed by atoms with Crippen LogP contribution in [0.4, 0.5) is 0 Å². The molecular weight excluding hydrogens is 554 g/mol. The Morgan fingerprint density at radius 1 is 1.14 bits per heavy atom. The van der Waals surface area contributed by atoms with E-state index in [4.69, 9.17) is 17.3 Å². The SMILES string of the molecule is Cc1nn2c(=O)n(Cc3ccccc3)c([C@@H](C(C)C)N(CCCN)C(=O)c3ccc(Br)cc3)cc2c1Cl. The molecule has 0 aliphatic carbocycles. The summed E-state index contributed by atoms with van der Waals surface area (Å²) in [5.74, 6) is -0.127. The normalized spacial score (nSPS) is 12.3. The number of aromatic nitrogens is 3. The highest BCUT2D eigenvalue weighted by Gasteiger charge is 2.32. The van der Waals surface area contributed by atoms with Crippen molar-refractivity contribution in [3.8, 4) is 0 Å². The highest BCUT2D eigenvalue weighted by molar-refractivity contribution is 9.10. The minimum absolute atomic E-state index is 0.0103. The van der Waals surface area contributed by atoms with Gasteiger partial charge in [0.25, 0.3) is 5.91 Å². The predicted molar refractivity (Wildman–Crippen MR) is 151 cm³/mol. The second kappa shape index (κ2) is 11.6. The Morgan fingerprint density at radius 2 is 1.81 bits per heavy atom. The summed E-state index contributed by atoms with van der Waals surface area (Å²) >= 11 is 10.0. The molecule has 0 saturated heterocycles. The molecule has 0 unspecified atom stereocenters. The Bertz CT molecular complexity index is 1450. The van der Waals surface area contributed by atoms with Crippen LogP contribution in [-0.4, -0.2) is 38.1 Å². The average molecular weight is 585 g/mol. The van der Waals surface area contributed by atoms with Crippen LogP contribution in [0.15, 0.2) is 69.9 Å². The van der Waals surface area contributed by atoms with E-state index in [1.54, 1.807) is 23.6 Å². The van der Waals surface area contributed by atoms with Crippen molar-refractivity contribution in [3.05, 3.63) is 103 Å². The zero-order valence-electron chi connectivity index (χ0n) is 21.2. The van der Waals surface area contributed by atoms with Gasteiger partial charge in [0.05, 0.1) is 28.8 Å². The number of amides is 1. The van der Waals surface area contributed by atoms with E-state index >= 15 is 0 Å². The lowest BCUT2D eigenvalue weighted by Gasteiger charge is -2.36. The number of carbonyl (C=O) groups is 1. The van der Waals surface area contributed by atoms with Crippen molar-refractivity contribution in [2.45, 2.75) is 39.8 Å². The predicted octanol–water partition coefficient (Wildman–Crippen LogP) is 5.46. The van der Waals surface area contributed by atoms with Crippen LogP contribution < -0.4 is 11.4 Å². The van der Waals surface area contributed by atoms with E-state index in [0.717, 1.165) is 10.0 Å². The van der Waals surface area contributed by atoms with E-state index in [-0.39, 0.29) is 17.5 Å². The van der Waals surface area contributed by atoms with Crippen molar-refractivity contribution in [2.75, 3.05) is 13.1 Å². The Morgan fingerprint density at radius 3 is 2.43 bits per heavy atom. The third-order valence-electron chi connectivity index (χ3n) is 6.44. The van der Waals surface area contributed by atoms with Gasteiger partial charge in [-0.05, 0) is 61.7 Å². The molecule has 2 heterocycles. The lowest BCUT2D eigenvalue weighted by Crippen LogP contribution is -2.42. The second-order valence-electron chi connectivity index (χ2n) is 9.46. The van der Waals surface area contributed by atoms with E-state index in [1.807, 2.05) is 53.4 Å². The number of rotatable bonds is 9. The van der Waals surface area contributed by atoms with Crippen molar-refractivity contribution in [2.24, 2.45) is 11.7 Å². The maximum atomic E-state index is 13.9. The molecule has 0 aliphatic heterocycles. The fourth-order valence-corrected chi connectivity index (χ4v) is 5.09. The van der Waals surface area contributed by atoms with E-state index in [0.29, 0.717) is 53.5 Å². The topological polar surface area (TPSA) is 85.6 Å². The molecule has 37 heavy (non-hydrogen) atoms. The number of hydrogen-bond acceptors (Lipinski definition) is 4. The number of nitrogens with two attached hydrogens (primary N) is 1. The Labute approximate surface area is 230 Å². The van der Waals surface area contributed by atoms with Crippen LogP contribution in [0.2, 0.25) is 5.02 Å². The standard InChI is InChI=1S/C28H31BrClN5O2/c1-18(2)26(33(15-7-14-31)27(36)21-10-12-22(29)13-11-21)24-16-23-25(30)19(3)32-35(23)28(37)34(24)17-20-8-5-4-6-9-20/h4-6,8-13,16,18,26H,7,14-15,17,31H2,1-3H3/t26-/m1/s1. The molecule has 0 saturated carbocycles. The lowest BCUT2D eigenvalue weighted by atomic mass is 9.96. The van der Waals surface area contributed by atoms with Crippen LogP contribution in [0.3, 0.4) is 0 Å². The van der Waals surface area contributed by atoms with Gasteiger partial charge in [0, 0.05) is 22.3 Å². The number of aryl methyl sites for hydroxylation is 1. The van der Waals surface area contributed by atoms with Gasteiger partial charge in [-0.25, -0.2) is 4.79 Å². The molecule has 0 aliphatic rings. The highest BCUT2D eigenvalue weighted by atomic mass is 79.9. The smallest absolute Gasteiger partial charge is 0.330 e. The van der Waals surface area contributed by atoms with Gasteiger partial charge >= 0.3 is 5.69 Å². The first kappa shape index (κ1) is 27.1. The molecule has 4 rings (SSSR count). The van der Waals surface area contributed by atoms with Gasteiger partial charge in [-0.15, -0.1) is 0 Å². The molecule has 4 aromatic rings. The summed E-state index contributed by atoms with van der Waals surface area (Å²) in [6.45, 7) is 7.12. The summed E-state index contributed by atoms with van der Waals surface area (Å²) in [5.41, 5.74) is 8.93. The molecule has 9 heteroatoms. The molecular formula is C28H31BrClN5O2. The van der Waals surface area contributed by atoms with E-state index in [2.05, 4.69) is 34.9 Å². The molecule has 0 radical (unpaired) electrons. The van der Waals surface area contributed by atoms with E-state index in [9.17, 15) is 9.59 Å². The minimum Gasteiger partial charge on any atom is -0.330 e. The Hall–Kier alpha value is -2.94. The molecule has 194 valence electrons. The summed E-state index contributed by atoms with van der Waals surface area (Å²) in [5, 5.41) is 4.83. The van der Waals surface area contributed by atoms with Crippen molar-refractivity contribution < 1.29 is 4.79 Å². The summed E-state index contributed by atoms with van der Waals surface area (Å²) in [6.07, 6.45) is 0.628. The largest absolute Gasteiger partial charge is 0.349 e. The van der Waals surface area contributed by atoms with Gasteiger partial charge in [0.15, 0.2) is 0 Å². The average Bonchev–Trinajstić information content (AvgIpc) is 3.17. The lowest BCUT2D eigenvalue weighted by molar-refractivity contribution is 0.0609. The molecule has 2 aromatic heterocycles. The monoisotopic (exact) mass is 583 g/mol. The van der Waals surface area contributed by atoms with Crippen molar-refractivity contribution in [1.82, 2.24) is 19.1 Å². The molecule has 1 atom stereocenters. The van der Waals surface area contributed by atoms with Crippen molar-refractivity contribution in [1.29, 1.82) is 0 Å². The third-order valence-corrected chi connectivity index (χ3v) is 7.43. The maximum absolute atomic E-state index is 13.9. The third kappa shape index (κ3) is 5.66. The number of fused-ring (bicyclic) bond motifs is 1. The Balaban J connectivity index is 1.94. The second-order valence-corrected chi connectivity index (χ2v) is 10.8. The Kier molecular flexibility index (Phi) is 8.52. The van der Waals surface area contributed by atoms with Crippen molar-refractivity contribution in [3.63, 3.8) is 0 Å². The highest BCUT2D eigenvalue weighted by Crippen LogP contribution is 2.33. The number of hydrogen-bond donors (Lipinski definition) is 1. The first-order valence-electron chi connectivity index (χ1n) is 12.3. The number of benzene rings is 2. The molecule has 0 bridgehead atoms. The summed E-state index contributed by atoms with van der Waals surface area (Å²) in [6, 6.07) is 18.6. The molecule has 2 N–H and O–H groups in total. The van der Waals surface area contributed by atoms with Gasteiger partial charge in [0.1, 0.15) is 0 Å². The van der Waals surface area contributed by atoms with E-state index < -0.39 is 6.04 Å². The van der Waals surface area contributed by atoms with Crippen LogP contribution in [0.25, 0.3) is 5.52 Å². The zero-order chi connectivity index (χ0) is 26.7. The molecule has 2 aromatic carbocycles. The number of halogens is 2. The van der Waals surface area contributed by atoms with Crippen LogP contribution in [0.1, 0.15) is 53.6 Å². The summed E-state index contributed by atoms with van der Waals surface area (Å²) in [7, 11) is 0. The maximum Gasteiger partial charge on any atom is 0.349 e. The number of nitrogens with zero attached hydrogens (tertiary/aromatic N) is 4. The molecule has 1 amide bonds. The number of carbonyl (C=O) groups excluding carboxylic acids is 1. The first-order valence-corrected chi connectivity index (χ1v) is 13.5. The zero-order valence-corrected chi connectivity index (χ0v) is 23.5. The quantitative estimate of drug-likeness (QED) is 0.283. The van der Waals surface area contributed by atoms with Crippen LogP contribution in [-0.2, 0) is 6.54 Å². The van der Waals surface area contributed by atoms with E-state index in [1.165, 1.54) is 4.52 Å². The minimum atomic E-state index is -0.407. The fourth-order valence-electron chi connectivity index (χ4n) is 4.66. The summed E-state index contributed by atoms with van der Waals surface area (Å²) < 4.78 is 3.95. The molecule has 0 fully saturated rings. The molecule has 0 spiro atoms. The van der Waals surface area contributed by atoms with Crippen LogP contribution in [0, 0.1) is 12.8 Å². The van der Waals surface area contributed by atoms with Gasteiger partial charge < -0.3 is 10.6 Å². The van der Waals surface area contributed by atoms with Crippen LogP contribution in [0.5, 0.6) is 0 Å². The van der Waals surface area contributed by atoms with Gasteiger partial charge in [0.2, 0.25) is 0 Å². The van der Waals surface area contributed by atoms with Gasteiger partial charge in [-0.2, -0.15) is 9.61 Å².